The maximum atomic E-state index is 12.7. The lowest BCUT2D eigenvalue weighted by Gasteiger charge is -2.34. The van der Waals surface area contributed by atoms with Crippen LogP contribution in [-0.4, -0.2) is 69.3 Å². The summed E-state index contributed by atoms with van der Waals surface area (Å²) in [6.45, 7) is 6.29. The highest BCUT2D eigenvalue weighted by Gasteiger charge is 2.27. The Hall–Kier alpha value is -1.40. The first-order valence-corrected chi connectivity index (χ1v) is 12.7. The highest BCUT2D eigenvalue weighted by molar-refractivity contribution is 14.0. The van der Waals surface area contributed by atoms with E-state index in [2.05, 4.69) is 15.5 Å². The van der Waals surface area contributed by atoms with E-state index in [0.29, 0.717) is 36.9 Å². The van der Waals surface area contributed by atoms with E-state index in [0.717, 1.165) is 56.8 Å². The number of sulfonamides is 1. The van der Waals surface area contributed by atoms with E-state index < -0.39 is 10.0 Å². The molecule has 10 heteroatoms. The molecule has 180 valence electrons. The molecular formula is C22H36IN5O3S. The van der Waals surface area contributed by atoms with Crippen molar-refractivity contribution in [1.82, 2.24) is 19.8 Å². The summed E-state index contributed by atoms with van der Waals surface area (Å²) in [4.78, 5) is 19.0. The Balaban J connectivity index is 0.00000363. The van der Waals surface area contributed by atoms with E-state index in [1.165, 1.54) is 0 Å². The lowest BCUT2D eigenvalue weighted by atomic mass is 9.93. The minimum absolute atomic E-state index is 0. The third kappa shape index (κ3) is 7.05. The van der Waals surface area contributed by atoms with Gasteiger partial charge in [0.05, 0.1) is 11.4 Å². The molecule has 8 nitrogen and oxygen atoms in total. The average molecular weight is 578 g/mol. The van der Waals surface area contributed by atoms with Gasteiger partial charge in [-0.3, -0.25) is 4.79 Å². The molecule has 0 aliphatic carbocycles. The van der Waals surface area contributed by atoms with Gasteiger partial charge in [0.1, 0.15) is 0 Å². The zero-order valence-electron chi connectivity index (χ0n) is 19.0. The van der Waals surface area contributed by atoms with Crippen molar-refractivity contribution >= 4 is 45.9 Å². The Bertz CT molecular complexity index is 862. The number of guanidine groups is 1. The van der Waals surface area contributed by atoms with Crippen LogP contribution in [0.4, 0.5) is 0 Å². The summed E-state index contributed by atoms with van der Waals surface area (Å²) in [5, 5.41) is 6.06. The number of amides is 1. The molecule has 2 fully saturated rings. The van der Waals surface area contributed by atoms with E-state index >= 15 is 0 Å². The number of nitrogens with zero attached hydrogens (tertiary/aromatic N) is 3. The number of nitrogens with one attached hydrogen (secondary N) is 2. The van der Waals surface area contributed by atoms with E-state index in [1.54, 1.807) is 23.5 Å². The molecule has 32 heavy (non-hydrogen) atoms. The molecule has 0 radical (unpaired) electrons. The lowest BCUT2D eigenvalue weighted by molar-refractivity contribution is -0.121. The van der Waals surface area contributed by atoms with Crippen LogP contribution < -0.4 is 10.6 Å². The normalized spacial score (nSPS) is 18.3. The maximum absolute atomic E-state index is 12.7. The van der Waals surface area contributed by atoms with Crippen LogP contribution >= 0.6 is 24.0 Å². The molecule has 1 aromatic rings. The molecule has 0 spiro atoms. The SMILES string of the molecule is CCNC(=NCc1ccc(S(=O)(=O)N2CCCC2)cc1)N1CCC(CC(=O)NC)CC1.I. The largest absolute Gasteiger partial charge is 0.359 e. The number of carbonyl (C=O) groups excluding carboxylic acids is 1. The summed E-state index contributed by atoms with van der Waals surface area (Å²) >= 11 is 0. The third-order valence-corrected chi connectivity index (χ3v) is 7.95. The molecule has 1 amide bonds. The highest BCUT2D eigenvalue weighted by atomic mass is 127. The monoisotopic (exact) mass is 577 g/mol. The number of benzene rings is 1. The quantitative estimate of drug-likeness (QED) is 0.295. The van der Waals surface area contributed by atoms with Gasteiger partial charge in [-0.25, -0.2) is 13.4 Å². The smallest absolute Gasteiger partial charge is 0.243 e. The topological polar surface area (TPSA) is 94.1 Å². The number of likely N-dealkylation sites (tertiary alicyclic amines) is 1. The first kappa shape index (κ1) is 26.8. The molecule has 0 saturated carbocycles. The van der Waals surface area contributed by atoms with Crippen molar-refractivity contribution in [2.75, 3.05) is 39.8 Å². The van der Waals surface area contributed by atoms with E-state index in [4.69, 9.17) is 4.99 Å². The molecule has 1 aromatic carbocycles. The van der Waals surface area contributed by atoms with Gasteiger partial charge in [-0.05, 0) is 56.2 Å². The van der Waals surface area contributed by atoms with Gasteiger partial charge in [0, 0.05) is 46.2 Å². The molecular weight excluding hydrogens is 541 g/mol. The summed E-state index contributed by atoms with van der Waals surface area (Å²) in [6, 6.07) is 7.09. The van der Waals surface area contributed by atoms with Crippen LogP contribution in [0.15, 0.2) is 34.2 Å². The second-order valence-electron chi connectivity index (χ2n) is 8.23. The van der Waals surface area contributed by atoms with Crippen LogP contribution in [0.5, 0.6) is 0 Å². The summed E-state index contributed by atoms with van der Waals surface area (Å²) < 4.78 is 26.9. The number of rotatable bonds is 7. The Labute approximate surface area is 209 Å². The molecule has 0 aromatic heterocycles. The van der Waals surface area contributed by atoms with Crippen molar-refractivity contribution in [3.8, 4) is 0 Å². The Kier molecular flexibility index (Phi) is 10.7. The number of halogens is 1. The van der Waals surface area contributed by atoms with E-state index in [1.807, 2.05) is 19.1 Å². The van der Waals surface area contributed by atoms with Crippen LogP contribution in [0.1, 0.15) is 44.6 Å². The predicted molar refractivity (Wildman–Crippen MR) is 138 cm³/mol. The van der Waals surface area contributed by atoms with Gasteiger partial charge in [0.15, 0.2) is 5.96 Å². The molecule has 0 atom stereocenters. The fourth-order valence-corrected chi connectivity index (χ4v) is 5.67. The fourth-order valence-electron chi connectivity index (χ4n) is 4.15. The first-order chi connectivity index (χ1) is 14.9. The maximum Gasteiger partial charge on any atom is 0.243 e. The molecule has 2 aliphatic rings. The molecule has 3 rings (SSSR count). The van der Waals surface area contributed by atoms with Crippen LogP contribution in [-0.2, 0) is 21.4 Å². The standard InChI is InChI=1S/C22H35N5O3S.HI/c1-3-24-22(26-14-10-18(11-15-26)16-21(28)23-2)25-17-19-6-8-20(9-7-19)31(29,30)27-12-4-5-13-27;/h6-9,18H,3-5,10-17H2,1-2H3,(H,23,28)(H,24,25);1H. The average Bonchev–Trinajstić information content (AvgIpc) is 3.33. The minimum atomic E-state index is -3.38. The number of carbonyl (C=O) groups is 1. The second-order valence-corrected chi connectivity index (χ2v) is 10.2. The Morgan fingerprint density at radius 2 is 1.72 bits per heavy atom. The molecule has 2 N–H and O–H groups in total. The van der Waals surface area contributed by atoms with Crippen LogP contribution in [0.25, 0.3) is 0 Å². The minimum Gasteiger partial charge on any atom is -0.359 e. The molecule has 0 unspecified atom stereocenters. The van der Waals surface area contributed by atoms with Crippen LogP contribution in [0, 0.1) is 5.92 Å². The van der Waals surface area contributed by atoms with Gasteiger partial charge in [-0.2, -0.15) is 4.31 Å². The number of aliphatic imine (C=N–C) groups is 1. The number of hydrogen-bond donors (Lipinski definition) is 2. The summed E-state index contributed by atoms with van der Waals surface area (Å²) in [5.74, 6) is 1.40. The van der Waals surface area contributed by atoms with Crippen molar-refractivity contribution in [2.24, 2.45) is 10.9 Å². The van der Waals surface area contributed by atoms with E-state index in [-0.39, 0.29) is 29.9 Å². The summed E-state index contributed by atoms with van der Waals surface area (Å²) in [7, 11) is -1.70. The van der Waals surface area contributed by atoms with Crippen molar-refractivity contribution < 1.29 is 13.2 Å². The fraction of sp³-hybridized carbons (Fsp3) is 0.636. The second kappa shape index (κ2) is 12.7. The molecule has 2 saturated heterocycles. The zero-order chi connectivity index (χ0) is 22.3. The van der Waals surface area contributed by atoms with Gasteiger partial charge in [0.2, 0.25) is 15.9 Å². The molecule has 0 bridgehead atoms. The molecule has 2 heterocycles. The van der Waals surface area contributed by atoms with Gasteiger partial charge >= 0.3 is 0 Å². The van der Waals surface area contributed by atoms with Crippen molar-refractivity contribution in [2.45, 2.75) is 50.5 Å². The van der Waals surface area contributed by atoms with Gasteiger partial charge in [-0.1, -0.05) is 12.1 Å². The zero-order valence-corrected chi connectivity index (χ0v) is 22.2. The number of piperidine rings is 1. The Morgan fingerprint density at radius 3 is 2.28 bits per heavy atom. The van der Waals surface area contributed by atoms with Gasteiger partial charge in [0.25, 0.3) is 0 Å². The van der Waals surface area contributed by atoms with Crippen molar-refractivity contribution in [1.29, 1.82) is 0 Å². The number of hydrogen-bond acceptors (Lipinski definition) is 4. The van der Waals surface area contributed by atoms with Crippen molar-refractivity contribution in [3.05, 3.63) is 29.8 Å². The van der Waals surface area contributed by atoms with Crippen LogP contribution in [0.3, 0.4) is 0 Å². The summed E-state index contributed by atoms with van der Waals surface area (Å²) in [5.41, 5.74) is 0.977. The Morgan fingerprint density at radius 1 is 1.09 bits per heavy atom. The van der Waals surface area contributed by atoms with E-state index in [9.17, 15) is 13.2 Å². The third-order valence-electron chi connectivity index (χ3n) is 6.04. The highest BCUT2D eigenvalue weighted by Crippen LogP contribution is 2.22. The molecule has 2 aliphatic heterocycles. The first-order valence-electron chi connectivity index (χ1n) is 11.3. The predicted octanol–water partition coefficient (Wildman–Crippen LogP) is 2.40. The summed E-state index contributed by atoms with van der Waals surface area (Å²) in [6.07, 6.45) is 4.40. The lowest BCUT2D eigenvalue weighted by Crippen LogP contribution is -2.46. The van der Waals surface area contributed by atoms with Gasteiger partial charge < -0.3 is 15.5 Å². The van der Waals surface area contributed by atoms with Crippen LogP contribution in [0.2, 0.25) is 0 Å². The van der Waals surface area contributed by atoms with Crippen molar-refractivity contribution in [3.63, 3.8) is 0 Å². The van der Waals surface area contributed by atoms with Gasteiger partial charge in [-0.15, -0.1) is 24.0 Å².